The summed E-state index contributed by atoms with van der Waals surface area (Å²) in [6.45, 7) is 0. The lowest BCUT2D eigenvalue weighted by Gasteiger charge is -2.00. The van der Waals surface area contributed by atoms with Crippen molar-refractivity contribution in [1.82, 2.24) is 14.5 Å². The first-order valence-corrected chi connectivity index (χ1v) is 6.24. The Labute approximate surface area is 116 Å². The molecule has 2 heterocycles. The van der Waals surface area contributed by atoms with Crippen LogP contribution >= 0.6 is 0 Å². The molecule has 3 rings (SSSR count). The zero-order valence-electron chi connectivity index (χ0n) is 11.0. The van der Waals surface area contributed by atoms with Crippen molar-refractivity contribution in [1.29, 1.82) is 5.26 Å². The molecule has 4 nitrogen and oxygen atoms in total. The van der Waals surface area contributed by atoms with Crippen molar-refractivity contribution in [2.24, 2.45) is 7.05 Å². The normalized spacial score (nSPS) is 11.5. The molecule has 0 saturated carbocycles. The van der Waals surface area contributed by atoms with Crippen molar-refractivity contribution < 1.29 is 0 Å². The van der Waals surface area contributed by atoms with Gasteiger partial charge in [0, 0.05) is 13.2 Å². The summed E-state index contributed by atoms with van der Waals surface area (Å²) in [7, 11) is 1.91. The Morgan fingerprint density at radius 1 is 1.20 bits per heavy atom. The molecule has 0 amide bonds. The monoisotopic (exact) mass is 260 g/mol. The Balaban J connectivity index is 2.16. The summed E-state index contributed by atoms with van der Waals surface area (Å²) in [6, 6.07) is 15.6. The Bertz CT molecular complexity index is 823. The van der Waals surface area contributed by atoms with Gasteiger partial charge in [-0.15, -0.1) is 0 Å². The smallest absolute Gasteiger partial charge is 0.151 e. The Morgan fingerprint density at radius 2 is 2.00 bits per heavy atom. The summed E-state index contributed by atoms with van der Waals surface area (Å²) in [5.41, 5.74) is 3.13. The molecule has 0 radical (unpaired) electrons. The van der Waals surface area contributed by atoms with Crippen molar-refractivity contribution >= 4 is 22.7 Å². The first-order valence-electron chi connectivity index (χ1n) is 6.24. The molecule has 2 aromatic heterocycles. The van der Waals surface area contributed by atoms with Crippen molar-refractivity contribution in [2.45, 2.75) is 0 Å². The molecular formula is C16H12N4. The van der Waals surface area contributed by atoms with Gasteiger partial charge in [0.25, 0.3) is 0 Å². The first kappa shape index (κ1) is 12.1. The predicted octanol–water partition coefficient (Wildman–Crippen LogP) is 3.03. The third kappa shape index (κ3) is 2.06. The number of aryl methyl sites for hydroxylation is 1. The lowest BCUT2D eigenvalue weighted by Crippen LogP contribution is -1.96. The molecule has 0 atom stereocenters. The molecule has 0 spiro atoms. The van der Waals surface area contributed by atoms with Gasteiger partial charge in [-0.25, -0.2) is 4.98 Å². The number of imidazole rings is 1. The van der Waals surface area contributed by atoms with E-state index in [9.17, 15) is 5.26 Å². The minimum atomic E-state index is 0.502. The Hall–Kier alpha value is -2.93. The third-order valence-corrected chi connectivity index (χ3v) is 3.13. The molecule has 20 heavy (non-hydrogen) atoms. The molecule has 96 valence electrons. The van der Waals surface area contributed by atoms with Crippen LogP contribution in [-0.4, -0.2) is 14.5 Å². The number of benzene rings is 1. The highest BCUT2D eigenvalue weighted by molar-refractivity contribution is 5.90. The number of allylic oxidation sites excluding steroid dienone is 1. The zero-order chi connectivity index (χ0) is 13.9. The van der Waals surface area contributed by atoms with Crippen LogP contribution in [0, 0.1) is 11.3 Å². The van der Waals surface area contributed by atoms with E-state index in [-0.39, 0.29) is 0 Å². The molecule has 0 bridgehead atoms. The van der Waals surface area contributed by atoms with Crippen LogP contribution in [0.25, 0.3) is 22.7 Å². The van der Waals surface area contributed by atoms with E-state index in [0.29, 0.717) is 11.4 Å². The molecule has 0 aliphatic rings. The van der Waals surface area contributed by atoms with Crippen molar-refractivity contribution in [3.05, 3.63) is 60.2 Å². The SMILES string of the molecule is Cn1c(/C(C#N)=C/c2ccccn2)nc2ccccc21. The fourth-order valence-corrected chi connectivity index (χ4v) is 2.14. The number of pyridine rings is 1. The number of aromatic nitrogens is 3. The highest BCUT2D eigenvalue weighted by Gasteiger charge is 2.11. The van der Waals surface area contributed by atoms with Crippen LogP contribution in [0.3, 0.4) is 0 Å². The standard InChI is InChI=1S/C16H12N4/c1-20-15-8-3-2-7-14(15)19-16(20)12(11-17)10-13-6-4-5-9-18-13/h2-10H,1H3/b12-10+. The summed E-state index contributed by atoms with van der Waals surface area (Å²) in [5.74, 6) is 0.652. The summed E-state index contributed by atoms with van der Waals surface area (Å²) in [6.07, 6.45) is 3.46. The van der Waals surface area contributed by atoms with Crippen LogP contribution in [0.2, 0.25) is 0 Å². The van der Waals surface area contributed by atoms with E-state index in [2.05, 4.69) is 16.0 Å². The minimum absolute atomic E-state index is 0.502. The molecule has 0 N–H and O–H groups in total. The van der Waals surface area contributed by atoms with Gasteiger partial charge in [-0.2, -0.15) is 5.26 Å². The fourth-order valence-electron chi connectivity index (χ4n) is 2.14. The highest BCUT2D eigenvalue weighted by Crippen LogP contribution is 2.21. The average Bonchev–Trinajstić information content (AvgIpc) is 2.83. The van der Waals surface area contributed by atoms with E-state index in [1.165, 1.54) is 0 Å². The molecule has 4 heteroatoms. The fraction of sp³-hybridized carbons (Fsp3) is 0.0625. The zero-order valence-corrected chi connectivity index (χ0v) is 11.0. The van der Waals surface area contributed by atoms with Crippen LogP contribution in [0.5, 0.6) is 0 Å². The van der Waals surface area contributed by atoms with Gasteiger partial charge in [-0.05, 0) is 30.3 Å². The van der Waals surface area contributed by atoms with Crippen LogP contribution in [0.15, 0.2) is 48.7 Å². The Morgan fingerprint density at radius 3 is 2.70 bits per heavy atom. The maximum absolute atomic E-state index is 9.39. The lowest BCUT2D eigenvalue weighted by atomic mass is 10.2. The quantitative estimate of drug-likeness (QED) is 0.665. The molecule has 0 aliphatic carbocycles. The topological polar surface area (TPSA) is 54.5 Å². The van der Waals surface area contributed by atoms with Crippen LogP contribution in [0.4, 0.5) is 0 Å². The second-order valence-corrected chi connectivity index (χ2v) is 4.41. The molecule has 0 aliphatic heterocycles. The second kappa shape index (κ2) is 4.98. The van der Waals surface area contributed by atoms with Gasteiger partial charge >= 0.3 is 0 Å². The van der Waals surface area contributed by atoms with Crippen LogP contribution in [-0.2, 0) is 7.05 Å². The number of hydrogen-bond donors (Lipinski definition) is 0. The van der Waals surface area contributed by atoms with E-state index in [4.69, 9.17) is 0 Å². The lowest BCUT2D eigenvalue weighted by molar-refractivity contribution is 0.925. The third-order valence-electron chi connectivity index (χ3n) is 3.13. The molecule has 0 fully saturated rings. The second-order valence-electron chi connectivity index (χ2n) is 4.41. The molecule has 0 saturated heterocycles. The van der Waals surface area contributed by atoms with Gasteiger partial charge in [0.05, 0.1) is 22.3 Å². The van der Waals surface area contributed by atoms with Gasteiger partial charge in [0.1, 0.15) is 6.07 Å². The molecule has 1 aromatic carbocycles. The van der Waals surface area contributed by atoms with Crippen LogP contribution < -0.4 is 0 Å². The van der Waals surface area contributed by atoms with Gasteiger partial charge in [-0.3, -0.25) is 4.98 Å². The van der Waals surface area contributed by atoms with Gasteiger partial charge in [-0.1, -0.05) is 18.2 Å². The van der Waals surface area contributed by atoms with E-state index in [1.54, 1.807) is 12.3 Å². The number of rotatable bonds is 2. The van der Waals surface area contributed by atoms with Gasteiger partial charge < -0.3 is 4.57 Å². The number of para-hydroxylation sites is 2. The number of fused-ring (bicyclic) bond motifs is 1. The van der Waals surface area contributed by atoms with Crippen molar-refractivity contribution in [2.75, 3.05) is 0 Å². The van der Waals surface area contributed by atoms with E-state index < -0.39 is 0 Å². The first-order chi connectivity index (χ1) is 9.79. The van der Waals surface area contributed by atoms with Gasteiger partial charge in [0.15, 0.2) is 5.82 Å². The van der Waals surface area contributed by atoms with Gasteiger partial charge in [0.2, 0.25) is 0 Å². The Kier molecular flexibility index (Phi) is 3.02. The summed E-state index contributed by atoms with van der Waals surface area (Å²) < 4.78 is 1.92. The van der Waals surface area contributed by atoms with Crippen molar-refractivity contribution in [3.8, 4) is 6.07 Å². The minimum Gasteiger partial charge on any atom is -0.326 e. The maximum Gasteiger partial charge on any atom is 0.151 e. The number of nitriles is 1. The summed E-state index contributed by atoms with van der Waals surface area (Å²) in [5, 5.41) is 9.39. The largest absolute Gasteiger partial charge is 0.326 e. The number of hydrogen-bond acceptors (Lipinski definition) is 3. The highest BCUT2D eigenvalue weighted by atomic mass is 15.1. The number of nitrogens with zero attached hydrogens (tertiary/aromatic N) is 4. The summed E-state index contributed by atoms with van der Waals surface area (Å²) in [4.78, 5) is 8.74. The van der Waals surface area contributed by atoms with E-state index in [0.717, 1.165) is 16.7 Å². The van der Waals surface area contributed by atoms with E-state index in [1.807, 2.05) is 54.1 Å². The predicted molar refractivity (Wildman–Crippen MR) is 78.4 cm³/mol. The van der Waals surface area contributed by atoms with E-state index >= 15 is 0 Å². The van der Waals surface area contributed by atoms with Crippen molar-refractivity contribution in [3.63, 3.8) is 0 Å². The molecular weight excluding hydrogens is 248 g/mol. The molecule has 3 aromatic rings. The molecule has 0 unspecified atom stereocenters. The maximum atomic E-state index is 9.39. The summed E-state index contributed by atoms with van der Waals surface area (Å²) >= 11 is 0. The average molecular weight is 260 g/mol. The van der Waals surface area contributed by atoms with Crippen LogP contribution in [0.1, 0.15) is 11.5 Å².